The lowest BCUT2D eigenvalue weighted by Gasteiger charge is -2.33. The third-order valence-corrected chi connectivity index (χ3v) is 8.60. The lowest BCUT2D eigenvalue weighted by molar-refractivity contribution is -0.384. The van der Waals surface area contributed by atoms with Crippen molar-refractivity contribution in [2.24, 2.45) is 5.92 Å². The Kier molecular flexibility index (Phi) is 11.3. The molecular weight excluding hydrogens is 588 g/mol. The maximum atomic E-state index is 13.8. The summed E-state index contributed by atoms with van der Waals surface area (Å²) in [5.41, 5.74) is 2.19. The van der Waals surface area contributed by atoms with Crippen molar-refractivity contribution in [2.45, 2.75) is 45.7 Å². The normalized spacial score (nSPS) is 12.3. The first-order valence-electron chi connectivity index (χ1n) is 14.1. The highest BCUT2D eigenvalue weighted by atomic mass is 32.1. The van der Waals surface area contributed by atoms with E-state index in [1.54, 1.807) is 48.1 Å². The van der Waals surface area contributed by atoms with Crippen LogP contribution in [0, 0.1) is 21.8 Å². The molecular formula is C31H35FN6O3S2. The van der Waals surface area contributed by atoms with Crippen LogP contribution in [0.5, 0.6) is 0 Å². The van der Waals surface area contributed by atoms with E-state index in [1.165, 1.54) is 29.1 Å². The summed E-state index contributed by atoms with van der Waals surface area (Å²) >= 11 is 7.46. The number of thiophene rings is 1. The second-order valence-corrected chi connectivity index (χ2v) is 11.8. The van der Waals surface area contributed by atoms with Gasteiger partial charge in [-0.2, -0.15) is 0 Å². The fourth-order valence-corrected chi connectivity index (χ4v) is 5.60. The molecule has 0 aliphatic heterocycles. The van der Waals surface area contributed by atoms with E-state index in [-0.39, 0.29) is 35.8 Å². The smallest absolute Gasteiger partial charge is 0.269 e. The lowest BCUT2D eigenvalue weighted by atomic mass is 9.98. The van der Waals surface area contributed by atoms with Gasteiger partial charge in [-0.15, -0.1) is 11.3 Å². The van der Waals surface area contributed by atoms with E-state index in [0.29, 0.717) is 30.4 Å². The van der Waals surface area contributed by atoms with Gasteiger partial charge in [0.1, 0.15) is 5.82 Å². The summed E-state index contributed by atoms with van der Waals surface area (Å²) < 4.78 is 15.7. The van der Waals surface area contributed by atoms with Gasteiger partial charge < -0.3 is 20.1 Å². The predicted molar refractivity (Wildman–Crippen MR) is 172 cm³/mol. The number of carbonyl (C=O) groups is 1. The molecule has 2 N–H and O–H groups in total. The fourth-order valence-electron chi connectivity index (χ4n) is 4.61. The molecule has 2 aromatic heterocycles. The number of thiocarbonyl (C=S) groups is 1. The van der Waals surface area contributed by atoms with Gasteiger partial charge in [-0.3, -0.25) is 14.9 Å². The van der Waals surface area contributed by atoms with E-state index >= 15 is 0 Å². The molecule has 9 nitrogen and oxygen atoms in total. The van der Waals surface area contributed by atoms with Gasteiger partial charge in [0, 0.05) is 60.3 Å². The van der Waals surface area contributed by atoms with E-state index in [9.17, 15) is 19.3 Å². The standard InChI is InChI=1S/C31H35FN6O3S2/c1-3-22(2)29(20-36(14-13-28-8-5-15-43-28)31(42)34-25-7-4-6-24(32)16-25)35-30(39)17-27-18-33-21-37(27)19-23-9-11-26(12-10-23)38(40)41/h4-12,15-16,18,21-22,29H,3,13-14,17,19-20H2,1-2H3,(H,34,42)(H,35,39). The van der Waals surface area contributed by atoms with Gasteiger partial charge in [-0.1, -0.05) is 44.5 Å². The number of hydrogen-bond donors (Lipinski definition) is 2. The van der Waals surface area contributed by atoms with Crippen molar-refractivity contribution in [2.75, 3.05) is 18.4 Å². The number of rotatable bonds is 14. The van der Waals surface area contributed by atoms with Crippen LogP contribution in [0.4, 0.5) is 15.8 Å². The Labute approximate surface area is 259 Å². The Morgan fingerprint density at radius 2 is 2.00 bits per heavy atom. The predicted octanol–water partition coefficient (Wildman–Crippen LogP) is 6.06. The van der Waals surface area contributed by atoms with Crippen molar-refractivity contribution in [3.05, 3.63) is 111 Å². The molecule has 4 aromatic rings. The molecule has 0 saturated carbocycles. The number of non-ortho nitro benzene ring substituents is 1. The Morgan fingerprint density at radius 1 is 1.21 bits per heavy atom. The zero-order valence-electron chi connectivity index (χ0n) is 24.1. The first-order valence-corrected chi connectivity index (χ1v) is 15.4. The Balaban J connectivity index is 1.44. The minimum Gasteiger partial charge on any atom is -0.351 e. The number of nitrogens with zero attached hydrogens (tertiary/aromatic N) is 4. The molecule has 2 atom stereocenters. The highest BCUT2D eigenvalue weighted by Crippen LogP contribution is 2.17. The van der Waals surface area contributed by atoms with Crippen molar-refractivity contribution in [1.29, 1.82) is 0 Å². The molecule has 226 valence electrons. The van der Waals surface area contributed by atoms with Gasteiger partial charge >= 0.3 is 0 Å². The van der Waals surface area contributed by atoms with Gasteiger partial charge in [0.25, 0.3) is 5.69 Å². The number of aromatic nitrogens is 2. The zero-order chi connectivity index (χ0) is 30.8. The van der Waals surface area contributed by atoms with Crippen LogP contribution in [0.15, 0.2) is 78.6 Å². The maximum absolute atomic E-state index is 13.8. The second kappa shape index (κ2) is 15.4. The number of carbonyl (C=O) groups excluding carboxylic acids is 1. The van der Waals surface area contributed by atoms with Crippen LogP contribution in [0.25, 0.3) is 0 Å². The van der Waals surface area contributed by atoms with Crippen LogP contribution in [0.3, 0.4) is 0 Å². The van der Waals surface area contributed by atoms with E-state index < -0.39 is 4.92 Å². The van der Waals surface area contributed by atoms with Crippen LogP contribution in [0.2, 0.25) is 0 Å². The van der Waals surface area contributed by atoms with Crippen LogP contribution in [-0.4, -0.2) is 49.5 Å². The fraction of sp³-hybridized carbons (Fsp3) is 0.323. The number of benzene rings is 2. The topological polar surface area (TPSA) is 105 Å². The maximum Gasteiger partial charge on any atom is 0.269 e. The van der Waals surface area contributed by atoms with Crippen LogP contribution < -0.4 is 10.6 Å². The minimum absolute atomic E-state index is 0.0279. The molecule has 0 spiro atoms. The van der Waals surface area contributed by atoms with E-state index in [1.807, 2.05) is 20.9 Å². The van der Waals surface area contributed by atoms with Gasteiger partial charge in [-0.25, -0.2) is 9.37 Å². The van der Waals surface area contributed by atoms with Gasteiger partial charge in [-0.05, 0) is 59.8 Å². The first-order chi connectivity index (χ1) is 20.7. The summed E-state index contributed by atoms with van der Waals surface area (Å²) in [5.74, 6) is -0.330. The summed E-state index contributed by atoms with van der Waals surface area (Å²) in [6.07, 6.45) is 5.08. The number of nitro benzene ring substituents is 1. The second-order valence-electron chi connectivity index (χ2n) is 10.4. The van der Waals surface area contributed by atoms with Crippen molar-refractivity contribution in [1.82, 2.24) is 19.8 Å². The third-order valence-electron chi connectivity index (χ3n) is 7.31. The van der Waals surface area contributed by atoms with Crippen molar-refractivity contribution in [3.63, 3.8) is 0 Å². The largest absolute Gasteiger partial charge is 0.351 e. The molecule has 2 heterocycles. The molecule has 0 radical (unpaired) electrons. The monoisotopic (exact) mass is 622 g/mol. The number of hydrogen-bond acceptors (Lipinski definition) is 6. The molecule has 4 rings (SSSR count). The zero-order valence-corrected chi connectivity index (χ0v) is 25.7. The molecule has 43 heavy (non-hydrogen) atoms. The molecule has 0 aliphatic rings. The van der Waals surface area contributed by atoms with Crippen molar-refractivity contribution >= 4 is 45.9 Å². The van der Waals surface area contributed by atoms with Gasteiger partial charge in [0.05, 0.1) is 17.7 Å². The van der Waals surface area contributed by atoms with E-state index in [4.69, 9.17) is 12.2 Å². The summed E-state index contributed by atoms with van der Waals surface area (Å²) in [6, 6.07) is 16.4. The van der Waals surface area contributed by atoms with E-state index in [0.717, 1.165) is 24.1 Å². The number of imidazole rings is 1. The molecule has 2 aromatic carbocycles. The molecule has 12 heteroatoms. The molecule has 0 fully saturated rings. The number of halogens is 1. The average molecular weight is 623 g/mol. The average Bonchev–Trinajstić information content (AvgIpc) is 3.66. The molecule has 2 unspecified atom stereocenters. The first kappa shape index (κ1) is 31.8. The van der Waals surface area contributed by atoms with Gasteiger partial charge in [0.2, 0.25) is 5.91 Å². The number of anilines is 1. The van der Waals surface area contributed by atoms with Crippen molar-refractivity contribution in [3.8, 4) is 0 Å². The minimum atomic E-state index is -0.433. The quantitative estimate of drug-likeness (QED) is 0.100. The Hall–Kier alpha value is -4.16. The highest BCUT2D eigenvalue weighted by Gasteiger charge is 2.24. The summed E-state index contributed by atoms with van der Waals surface area (Å²) in [5, 5.41) is 19.9. The SMILES string of the molecule is CCC(C)C(CN(CCc1cccs1)C(=S)Nc1cccc(F)c1)NC(=O)Cc1cncn1Cc1ccc([N+](=O)[O-])cc1. The lowest BCUT2D eigenvalue weighted by Crippen LogP contribution is -2.50. The highest BCUT2D eigenvalue weighted by molar-refractivity contribution is 7.80. The summed E-state index contributed by atoms with van der Waals surface area (Å²) in [7, 11) is 0. The molecule has 0 aliphatic carbocycles. The molecule has 0 bridgehead atoms. The number of nitrogens with one attached hydrogen (secondary N) is 2. The van der Waals surface area contributed by atoms with Crippen molar-refractivity contribution < 1.29 is 14.1 Å². The Morgan fingerprint density at radius 3 is 2.67 bits per heavy atom. The number of amides is 1. The summed E-state index contributed by atoms with van der Waals surface area (Å²) in [4.78, 5) is 31.4. The molecule has 1 amide bonds. The van der Waals surface area contributed by atoms with Crippen LogP contribution in [0.1, 0.15) is 36.4 Å². The summed E-state index contributed by atoms with van der Waals surface area (Å²) in [6.45, 7) is 5.74. The Bertz CT molecular complexity index is 1510. The molecule has 0 saturated heterocycles. The van der Waals surface area contributed by atoms with Crippen LogP contribution >= 0.6 is 23.6 Å². The van der Waals surface area contributed by atoms with Gasteiger partial charge in [0.15, 0.2) is 5.11 Å². The van der Waals surface area contributed by atoms with E-state index in [2.05, 4.69) is 35.5 Å². The number of nitro groups is 1. The third kappa shape index (κ3) is 9.42. The van der Waals surface area contributed by atoms with Crippen LogP contribution in [-0.2, 0) is 24.2 Å².